The van der Waals surface area contributed by atoms with E-state index in [0.717, 1.165) is 6.07 Å². The van der Waals surface area contributed by atoms with Gasteiger partial charge in [-0.05, 0) is 31.5 Å². The normalized spacial score (nSPS) is 12.0. The van der Waals surface area contributed by atoms with Crippen LogP contribution in [0.1, 0.15) is 25.0 Å². The van der Waals surface area contributed by atoms with Crippen LogP contribution in [0.4, 0.5) is 18.9 Å². The van der Waals surface area contributed by atoms with Crippen molar-refractivity contribution in [2.45, 2.75) is 32.7 Å². The van der Waals surface area contributed by atoms with Crippen LogP contribution in [0.5, 0.6) is 0 Å². The molecule has 3 nitrogen and oxygen atoms in total. The molecular weight excluding hydrogens is 271 g/mol. The molecule has 0 aliphatic carbocycles. The summed E-state index contributed by atoms with van der Waals surface area (Å²) in [5.41, 5.74) is -0.432. The molecule has 0 atom stereocenters. The second-order valence-corrected chi connectivity index (χ2v) is 4.78. The number of rotatable bonds is 6. The van der Waals surface area contributed by atoms with E-state index in [0.29, 0.717) is 18.8 Å². The molecule has 1 aromatic rings. The minimum Gasteiger partial charge on any atom is -0.392 e. The molecule has 0 aromatic heterocycles. The van der Waals surface area contributed by atoms with Crippen molar-refractivity contribution in [2.75, 3.05) is 25.2 Å². The zero-order valence-corrected chi connectivity index (χ0v) is 11.9. The summed E-state index contributed by atoms with van der Waals surface area (Å²) in [6, 6.07) is 4.05. The van der Waals surface area contributed by atoms with Crippen LogP contribution >= 0.6 is 0 Å². The van der Waals surface area contributed by atoms with Crippen LogP contribution < -0.4 is 4.90 Å². The lowest BCUT2D eigenvalue weighted by atomic mass is 10.1. The summed E-state index contributed by atoms with van der Waals surface area (Å²) in [6.07, 6.45) is -4.47. The summed E-state index contributed by atoms with van der Waals surface area (Å²) in [7, 11) is 1.55. The average Bonchev–Trinajstić information content (AvgIpc) is 2.37. The highest BCUT2D eigenvalue weighted by molar-refractivity contribution is 5.52. The Morgan fingerprint density at radius 1 is 1.30 bits per heavy atom. The summed E-state index contributed by atoms with van der Waals surface area (Å²) in [6.45, 7) is 4.12. The summed E-state index contributed by atoms with van der Waals surface area (Å²) in [4.78, 5) is 1.83. The van der Waals surface area contributed by atoms with Crippen molar-refractivity contribution in [3.63, 3.8) is 0 Å². The molecule has 0 heterocycles. The molecule has 1 rings (SSSR count). The highest BCUT2D eigenvalue weighted by atomic mass is 19.4. The van der Waals surface area contributed by atoms with E-state index in [-0.39, 0.29) is 11.6 Å². The summed E-state index contributed by atoms with van der Waals surface area (Å²) in [5, 5.41) is 9.03. The number of hydrogen-bond donors (Lipinski definition) is 1. The van der Waals surface area contributed by atoms with E-state index in [1.165, 1.54) is 6.07 Å². The van der Waals surface area contributed by atoms with Crippen LogP contribution in [0.15, 0.2) is 18.2 Å². The second kappa shape index (κ2) is 6.95. The van der Waals surface area contributed by atoms with Gasteiger partial charge in [0.05, 0.1) is 18.8 Å². The van der Waals surface area contributed by atoms with Crippen LogP contribution in [0.25, 0.3) is 0 Å². The number of halogens is 3. The van der Waals surface area contributed by atoms with Gasteiger partial charge in [-0.15, -0.1) is 0 Å². The first-order valence-corrected chi connectivity index (χ1v) is 6.37. The third kappa shape index (κ3) is 4.11. The number of methoxy groups -OCH3 is 1. The minimum absolute atomic E-state index is 0.0474. The average molecular weight is 291 g/mol. The van der Waals surface area contributed by atoms with Gasteiger partial charge in [-0.1, -0.05) is 6.07 Å². The van der Waals surface area contributed by atoms with Crippen LogP contribution in [-0.2, 0) is 17.5 Å². The Morgan fingerprint density at radius 3 is 2.40 bits per heavy atom. The van der Waals surface area contributed by atoms with Gasteiger partial charge in [-0.25, -0.2) is 0 Å². The molecule has 0 saturated carbocycles. The Morgan fingerprint density at radius 2 is 1.95 bits per heavy atom. The lowest BCUT2D eigenvalue weighted by molar-refractivity contribution is -0.138. The van der Waals surface area contributed by atoms with E-state index < -0.39 is 18.3 Å². The highest BCUT2D eigenvalue weighted by Crippen LogP contribution is 2.35. The van der Waals surface area contributed by atoms with Gasteiger partial charge < -0.3 is 14.7 Å². The number of ether oxygens (including phenoxy) is 1. The van der Waals surface area contributed by atoms with Crippen molar-refractivity contribution in [2.24, 2.45) is 0 Å². The third-order valence-corrected chi connectivity index (χ3v) is 3.06. The van der Waals surface area contributed by atoms with Gasteiger partial charge in [-0.3, -0.25) is 0 Å². The first-order valence-electron chi connectivity index (χ1n) is 6.37. The maximum absolute atomic E-state index is 13.0. The number of alkyl halides is 3. The highest BCUT2D eigenvalue weighted by Gasteiger charge is 2.33. The molecule has 0 saturated heterocycles. The molecule has 1 N–H and O–H groups in total. The second-order valence-electron chi connectivity index (χ2n) is 4.78. The van der Waals surface area contributed by atoms with E-state index in [9.17, 15) is 13.2 Å². The fraction of sp³-hybridized carbons (Fsp3) is 0.571. The molecule has 1 aromatic carbocycles. The maximum Gasteiger partial charge on any atom is 0.416 e. The Kier molecular flexibility index (Phi) is 5.83. The monoisotopic (exact) mass is 291 g/mol. The van der Waals surface area contributed by atoms with Crippen LogP contribution in [-0.4, -0.2) is 31.4 Å². The quantitative estimate of drug-likeness (QED) is 0.874. The van der Waals surface area contributed by atoms with E-state index in [2.05, 4.69) is 0 Å². The number of anilines is 1. The topological polar surface area (TPSA) is 32.7 Å². The fourth-order valence-electron chi connectivity index (χ4n) is 2.02. The van der Waals surface area contributed by atoms with Crippen molar-refractivity contribution >= 4 is 5.69 Å². The molecule has 0 spiro atoms. The van der Waals surface area contributed by atoms with Crippen LogP contribution in [0, 0.1) is 0 Å². The number of nitrogens with zero attached hydrogens (tertiary/aromatic N) is 1. The zero-order chi connectivity index (χ0) is 15.3. The first-order chi connectivity index (χ1) is 9.31. The summed E-state index contributed by atoms with van der Waals surface area (Å²) < 4.78 is 43.9. The lowest BCUT2D eigenvalue weighted by Crippen LogP contribution is -2.34. The molecular formula is C14H20F3NO2. The molecule has 0 aliphatic rings. The van der Waals surface area contributed by atoms with Gasteiger partial charge >= 0.3 is 6.18 Å². The fourth-order valence-corrected chi connectivity index (χ4v) is 2.02. The minimum atomic E-state index is -4.47. The van der Waals surface area contributed by atoms with Crippen LogP contribution in [0.3, 0.4) is 0 Å². The zero-order valence-electron chi connectivity index (χ0n) is 11.9. The lowest BCUT2D eigenvalue weighted by Gasteiger charge is -2.29. The first kappa shape index (κ1) is 16.8. The molecule has 20 heavy (non-hydrogen) atoms. The number of aliphatic hydroxyl groups excluding tert-OH is 1. The van der Waals surface area contributed by atoms with Gasteiger partial charge in [0.1, 0.15) is 0 Å². The van der Waals surface area contributed by atoms with Crippen molar-refractivity contribution in [3.8, 4) is 0 Å². The van der Waals surface area contributed by atoms with E-state index >= 15 is 0 Å². The SMILES string of the molecule is COCCN(c1ccc(CO)c(C(F)(F)F)c1)C(C)C. The summed E-state index contributed by atoms with van der Waals surface area (Å²) in [5.74, 6) is 0. The molecule has 0 radical (unpaired) electrons. The van der Waals surface area contributed by atoms with Gasteiger partial charge in [0, 0.05) is 25.4 Å². The van der Waals surface area contributed by atoms with Gasteiger partial charge in [0.15, 0.2) is 0 Å². The van der Waals surface area contributed by atoms with Gasteiger partial charge in [-0.2, -0.15) is 13.2 Å². The van der Waals surface area contributed by atoms with Crippen molar-refractivity contribution in [1.29, 1.82) is 0 Å². The smallest absolute Gasteiger partial charge is 0.392 e. The van der Waals surface area contributed by atoms with Gasteiger partial charge in [0.25, 0.3) is 0 Å². The predicted octanol–water partition coefficient (Wildman–Crippen LogP) is 3.06. The van der Waals surface area contributed by atoms with E-state index in [1.807, 2.05) is 18.7 Å². The molecule has 0 amide bonds. The third-order valence-electron chi connectivity index (χ3n) is 3.06. The van der Waals surface area contributed by atoms with Gasteiger partial charge in [0.2, 0.25) is 0 Å². The largest absolute Gasteiger partial charge is 0.416 e. The molecule has 114 valence electrons. The van der Waals surface area contributed by atoms with Crippen molar-refractivity contribution < 1.29 is 23.0 Å². The summed E-state index contributed by atoms with van der Waals surface area (Å²) >= 11 is 0. The van der Waals surface area contributed by atoms with E-state index in [4.69, 9.17) is 9.84 Å². The van der Waals surface area contributed by atoms with Crippen molar-refractivity contribution in [3.05, 3.63) is 29.3 Å². The Labute approximate surface area is 117 Å². The molecule has 0 unspecified atom stereocenters. The number of aliphatic hydroxyl groups is 1. The number of hydrogen-bond acceptors (Lipinski definition) is 3. The van der Waals surface area contributed by atoms with Crippen molar-refractivity contribution in [1.82, 2.24) is 0 Å². The maximum atomic E-state index is 13.0. The molecule has 0 fully saturated rings. The van der Waals surface area contributed by atoms with Crippen LogP contribution in [0.2, 0.25) is 0 Å². The molecule has 0 bridgehead atoms. The van der Waals surface area contributed by atoms with E-state index in [1.54, 1.807) is 13.2 Å². The standard InChI is InChI=1S/C14H20F3NO2/c1-10(2)18(6-7-20-3)12-5-4-11(9-19)13(8-12)14(15,16)17/h4-5,8,10,19H,6-7,9H2,1-3H3. The predicted molar refractivity (Wildman–Crippen MR) is 71.7 cm³/mol. The Hall–Kier alpha value is -1.27. The Balaban J connectivity index is 3.17. The molecule has 6 heteroatoms. The molecule has 0 aliphatic heterocycles. The Bertz CT molecular complexity index is 433. The number of benzene rings is 1.